The molecule has 2 atom stereocenters. The van der Waals surface area contributed by atoms with E-state index in [2.05, 4.69) is 12.2 Å². The molecule has 0 heterocycles. The van der Waals surface area contributed by atoms with Gasteiger partial charge in [-0.3, -0.25) is 0 Å². The third-order valence-electron chi connectivity index (χ3n) is 4.08. The second kappa shape index (κ2) is 6.68. The highest BCUT2D eigenvalue weighted by Crippen LogP contribution is 2.23. The minimum absolute atomic E-state index is 0.133. The number of hydrogen-bond acceptors (Lipinski definition) is 2. The van der Waals surface area contributed by atoms with E-state index >= 15 is 0 Å². The molecule has 1 fully saturated rings. The van der Waals surface area contributed by atoms with Gasteiger partial charge in [-0.2, -0.15) is 5.26 Å². The molecule has 0 saturated heterocycles. The maximum absolute atomic E-state index is 13.2. The van der Waals surface area contributed by atoms with Crippen molar-refractivity contribution in [3.8, 4) is 6.07 Å². The third-order valence-corrected chi connectivity index (χ3v) is 4.08. The van der Waals surface area contributed by atoms with Gasteiger partial charge in [-0.15, -0.1) is 0 Å². The molecule has 1 aromatic rings. The van der Waals surface area contributed by atoms with Gasteiger partial charge in [-0.25, -0.2) is 4.39 Å². The van der Waals surface area contributed by atoms with Crippen molar-refractivity contribution < 1.29 is 4.39 Å². The SMILES string of the molecule is CC1CCCCCC1NCc1ccc(F)c(C#N)c1. The molecule has 0 bridgehead atoms. The number of nitriles is 1. The molecule has 2 nitrogen and oxygen atoms in total. The van der Waals surface area contributed by atoms with Crippen LogP contribution in [0.2, 0.25) is 0 Å². The number of nitrogens with zero attached hydrogens (tertiary/aromatic N) is 1. The zero-order valence-electron chi connectivity index (χ0n) is 11.5. The van der Waals surface area contributed by atoms with Crippen molar-refractivity contribution in [1.82, 2.24) is 5.32 Å². The predicted molar refractivity (Wildman–Crippen MR) is 74.0 cm³/mol. The van der Waals surface area contributed by atoms with Gasteiger partial charge in [0.15, 0.2) is 0 Å². The molecule has 102 valence electrons. The molecule has 0 aromatic heterocycles. The summed E-state index contributed by atoms with van der Waals surface area (Å²) in [6.07, 6.45) is 6.44. The van der Waals surface area contributed by atoms with E-state index < -0.39 is 5.82 Å². The lowest BCUT2D eigenvalue weighted by Crippen LogP contribution is -2.33. The summed E-state index contributed by atoms with van der Waals surface area (Å²) < 4.78 is 13.2. The minimum Gasteiger partial charge on any atom is -0.310 e. The smallest absolute Gasteiger partial charge is 0.140 e. The Bertz CT molecular complexity index is 464. The van der Waals surface area contributed by atoms with Crippen LogP contribution in [0.5, 0.6) is 0 Å². The lowest BCUT2D eigenvalue weighted by Gasteiger charge is -2.23. The Morgan fingerprint density at radius 3 is 2.89 bits per heavy atom. The Balaban J connectivity index is 1.96. The lowest BCUT2D eigenvalue weighted by molar-refractivity contribution is 0.356. The molecule has 19 heavy (non-hydrogen) atoms. The van der Waals surface area contributed by atoms with Crippen molar-refractivity contribution >= 4 is 0 Å². The summed E-state index contributed by atoms with van der Waals surface area (Å²) in [6.45, 7) is 3.01. The summed E-state index contributed by atoms with van der Waals surface area (Å²) >= 11 is 0. The summed E-state index contributed by atoms with van der Waals surface area (Å²) in [5.41, 5.74) is 1.11. The van der Waals surface area contributed by atoms with E-state index in [4.69, 9.17) is 5.26 Å². The molecule has 2 rings (SSSR count). The van der Waals surface area contributed by atoms with Crippen molar-refractivity contribution in [2.45, 2.75) is 51.6 Å². The fourth-order valence-electron chi connectivity index (χ4n) is 2.81. The van der Waals surface area contributed by atoms with E-state index in [1.54, 1.807) is 12.1 Å². The first kappa shape index (κ1) is 14.0. The quantitative estimate of drug-likeness (QED) is 0.840. The number of benzene rings is 1. The summed E-state index contributed by atoms with van der Waals surface area (Å²) in [4.78, 5) is 0. The van der Waals surface area contributed by atoms with Gasteiger partial charge in [-0.1, -0.05) is 32.3 Å². The van der Waals surface area contributed by atoms with Gasteiger partial charge in [0.05, 0.1) is 5.56 Å². The predicted octanol–water partition coefficient (Wildman–Crippen LogP) is 3.76. The van der Waals surface area contributed by atoms with Crippen LogP contribution in [0.25, 0.3) is 0 Å². The Morgan fingerprint density at radius 1 is 1.32 bits per heavy atom. The summed E-state index contributed by atoms with van der Waals surface area (Å²) in [5.74, 6) is 0.257. The fraction of sp³-hybridized carbons (Fsp3) is 0.562. The first-order valence-electron chi connectivity index (χ1n) is 7.12. The Hall–Kier alpha value is -1.40. The van der Waals surface area contributed by atoms with E-state index in [1.165, 1.54) is 38.2 Å². The normalized spacial score (nSPS) is 23.6. The lowest BCUT2D eigenvalue weighted by atomic mass is 9.96. The van der Waals surface area contributed by atoms with Crippen molar-refractivity contribution in [3.63, 3.8) is 0 Å². The van der Waals surface area contributed by atoms with Crippen LogP contribution in [0.15, 0.2) is 18.2 Å². The summed E-state index contributed by atoms with van der Waals surface area (Å²) in [7, 11) is 0. The molecular formula is C16H21FN2. The molecule has 1 aromatic carbocycles. The van der Waals surface area contributed by atoms with Crippen molar-refractivity contribution in [3.05, 3.63) is 35.1 Å². The molecule has 2 unspecified atom stereocenters. The van der Waals surface area contributed by atoms with Crippen molar-refractivity contribution in [1.29, 1.82) is 5.26 Å². The van der Waals surface area contributed by atoms with Gasteiger partial charge >= 0.3 is 0 Å². The monoisotopic (exact) mass is 260 g/mol. The van der Waals surface area contributed by atoms with Crippen LogP contribution in [0.1, 0.15) is 50.2 Å². The number of halogens is 1. The van der Waals surface area contributed by atoms with Crippen LogP contribution in [0.3, 0.4) is 0 Å². The summed E-state index contributed by atoms with van der Waals surface area (Å²) in [6, 6.07) is 7.21. The second-order valence-corrected chi connectivity index (χ2v) is 5.53. The van der Waals surface area contributed by atoms with E-state index in [0.29, 0.717) is 18.5 Å². The molecule has 1 aliphatic carbocycles. The number of rotatable bonds is 3. The highest BCUT2D eigenvalue weighted by molar-refractivity contribution is 5.34. The fourth-order valence-corrected chi connectivity index (χ4v) is 2.81. The number of nitrogens with one attached hydrogen (secondary N) is 1. The third kappa shape index (κ3) is 3.78. The van der Waals surface area contributed by atoms with Crippen LogP contribution in [-0.4, -0.2) is 6.04 Å². The van der Waals surface area contributed by atoms with Gasteiger partial charge in [0.1, 0.15) is 11.9 Å². The molecular weight excluding hydrogens is 239 g/mol. The molecule has 1 aliphatic rings. The van der Waals surface area contributed by atoms with E-state index in [9.17, 15) is 4.39 Å². The second-order valence-electron chi connectivity index (χ2n) is 5.53. The minimum atomic E-state index is -0.436. The molecule has 0 radical (unpaired) electrons. The number of hydrogen-bond donors (Lipinski definition) is 1. The molecule has 0 aliphatic heterocycles. The molecule has 1 N–H and O–H groups in total. The van der Waals surface area contributed by atoms with E-state index in [0.717, 1.165) is 5.56 Å². The van der Waals surface area contributed by atoms with Gasteiger partial charge in [0, 0.05) is 12.6 Å². The average molecular weight is 260 g/mol. The highest BCUT2D eigenvalue weighted by atomic mass is 19.1. The van der Waals surface area contributed by atoms with Crippen LogP contribution < -0.4 is 5.32 Å². The van der Waals surface area contributed by atoms with Gasteiger partial charge in [-0.05, 0) is 36.5 Å². The Labute approximate surface area is 114 Å². The van der Waals surface area contributed by atoms with E-state index in [1.807, 2.05) is 6.07 Å². The molecule has 1 saturated carbocycles. The van der Waals surface area contributed by atoms with Crippen molar-refractivity contribution in [2.75, 3.05) is 0 Å². The highest BCUT2D eigenvalue weighted by Gasteiger charge is 2.19. The Kier molecular flexibility index (Phi) is 4.93. The zero-order chi connectivity index (χ0) is 13.7. The Morgan fingerprint density at radius 2 is 2.11 bits per heavy atom. The first-order chi connectivity index (χ1) is 9.20. The zero-order valence-corrected chi connectivity index (χ0v) is 11.5. The van der Waals surface area contributed by atoms with Crippen LogP contribution in [0.4, 0.5) is 4.39 Å². The maximum atomic E-state index is 13.2. The maximum Gasteiger partial charge on any atom is 0.140 e. The van der Waals surface area contributed by atoms with Crippen molar-refractivity contribution in [2.24, 2.45) is 5.92 Å². The molecule has 0 amide bonds. The van der Waals surface area contributed by atoms with E-state index in [-0.39, 0.29) is 5.56 Å². The summed E-state index contributed by atoms with van der Waals surface area (Å²) in [5, 5.41) is 12.4. The van der Waals surface area contributed by atoms with Gasteiger partial charge < -0.3 is 5.32 Å². The topological polar surface area (TPSA) is 35.8 Å². The van der Waals surface area contributed by atoms with Gasteiger partial charge in [0.25, 0.3) is 0 Å². The molecule has 0 spiro atoms. The van der Waals surface area contributed by atoms with Gasteiger partial charge in [0.2, 0.25) is 0 Å². The average Bonchev–Trinajstić information content (AvgIpc) is 2.62. The largest absolute Gasteiger partial charge is 0.310 e. The first-order valence-corrected chi connectivity index (χ1v) is 7.12. The van der Waals surface area contributed by atoms with Crippen LogP contribution >= 0.6 is 0 Å². The molecule has 3 heteroatoms. The standard InChI is InChI=1S/C16H21FN2/c1-12-5-3-2-4-6-16(12)19-11-13-7-8-15(17)14(9-13)10-18/h7-9,12,16,19H,2-6,11H2,1H3. The van der Waals surface area contributed by atoms with Crippen LogP contribution in [0, 0.1) is 23.1 Å². The van der Waals surface area contributed by atoms with Crippen LogP contribution in [-0.2, 0) is 6.54 Å².